The van der Waals surface area contributed by atoms with Crippen LogP contribution in [0.3, 0.4) is 0 Å². The number of nitrogen functional groups attached to an aromatic ring is 1. The molecule has 194 valence electrons. The lowest BCUT2D eigenvalue weighted by Gasteiger charge is -2.41. The summed E-state index contributed by atoms with van der Waals surface area (Å²) < 4.78 is 84.7. The zero-order valence-electron chi connectivity index (χ0n) is 18.4. The number of hydroxylamine groups is 2. The van der Waals surface area contributed by atoms with Crippen LogP contribution < -0.4 is 5.73 Å². The van der Waals surface area contributed by atoms with Gasteiger partial charge in [0, 0.05) is 23.9 Å². The summed E-state index contributed by atoms with van der Waals surface area (Å²) in [5.74, 6) is -7.93. The minimum absolute atomic E-state index is 0.00857. The summed E-state index contributed by atoms with van der Waals surface area (Å²) in [6.45, 7) is 1.43. The smallest absolute Gasteiger partial charge is 0.471 e. The summed E-state index contributed by atoms with van der Waals surface area (Å²) >= 11 is 2.87. The monoisotopic (exact) mass is 583 g/mol. The van der Waals surface area contributed by atoms with Crippen molar-refractivity contribution in [2.45, 2.75) is 39.3 Å². The number of anilines is 1. The summed E-state index contributed by atoms with van der Waals surface area (Å²) in [4.78, 5) is 37.9. The first-order valence-electron chi connectivity index (χ1n) is 9.84. The van der Waals surface area contributed by atoms with E-state index in [9.17, 15) is 35.9 Å². The molecule has 16 heteroatoms. The normalized spacial score (nSPS) is 16.5. The van der Waals surface area contributed by atoms with Crippen LogP contribution in [0.5, 0.6) is 0 Å². The minimum atomic E-state index is -5.44. The van der Waals surface area contributed by atoms with E-state index in [4.69, 9.17) is 10.5 Å². The molecule has 0 spiro atoms. The van der Waals surface area contributed by atoms with E-state index in [0.717, 1.165) is 4.90 Å². The molecule has 0 bridgehead atoms. The lowest BCUT2D eigenvalue weighted by molar-refractivity contribution is -0.258. The Labute approximate surface area is 207 Å². The number of halogens is 7. The average Bonchev–Trinajstić information content (AvgIpc) is 2.76. The van der Waals surface area contributed by atoms with Gasteiger partial charge in [-0.3, -0.25) is 4.79 Å². The molecule has 1 aliphatic rings. The fraction of sp³-hybridized carbons (Fsp3) is 0.300. The van der Waals surface area contributed by atoms with E-state index in [1.54, 1.807) is 6.92 Å². The number of aromatic nitrogens is 2. The summed E-state index contributed by atoms with van der Waals surface area (Å²) in [6.07, 6.45) is -5.58. The van der Waals surface area contributed by atoms with E-state index in [0.29, 0.717) is 23.0 Å². The molecular weight excluding hydrogens is 568 g/mol. The highest BCUT2D eigenvalue weighted by Crippen LogP contribution is 2.33. The zero-order chi connectivity index (χ0) is 26.9. The van der Waals surface area contributed by atoms with Crippen LogP contribution >= 0.6 is 15.9 Å². The number of ether oxygens (including phenoxy) is 1. The third-order valence-corrected chi connectivity index (χ3v) is 5.54. The second-order valence-corrected chi connectivity index (χ2v) is 8.14. The van der Waals surface area contributed by atoms with E-state index in [1.165, 1.54) is 13.1 Å². The Morgan fingerprint density at radius 3 is 2.39 bits per heavy atom. The molecule has 1 aromatic heterocycles. The summed E-state index contributed by atoms with van der Waals surface area (Å²) in [5, 5.41) is 0.297. The number of alkyl halides is 3. The number of rotatable bonds is 6. The maximum atomic E-state index is 14.0. The van der Waals surface area contributed by atoms with E-state index in [2.05, 4.69) is 30.7 Å². The molecule has 0 saturated heterocycles. The van der Waals surface area contributed by atoms with Gasteiger partial charge in [0.15, 0.2) is 0 Å². The van der Waals surface area contributed by atoms with Crippen LogP contribution in [0.15, 0.2) is 28.7 Å². The van der Waals surface area contributed by atoms with E-state index in [-0.39, 0.29) is 17.9 Å². The van der Waals surface area contributed by atoms with Gasteiger partial charge in [0.25, 0.3) is 5.91 Å². The number of aryl methyl sites for hydroxylation is 1. The van der Waals surface area contributed by atoms with Gasteiger partial charge in [-0.2, -0.15) is 13.2 Å². The first-order valence-corrected chi connectivity index (χ1v) is 10.6. The number of nitrogens with zero attached hydrogens (tertiary/aromatic N) is 4. The van der Waals surface area contributed by atoms with Gasteiger partial charge in [-0.25, -0.2) is 27.9 Å². The van der Waals surface area contributed by atoms with E-state index >= 15 is 0 Å². The van der Waals surface area contributed by atoms with E-state index in [1.807, 2.05) is 0 Å². The molecule has 0 radical (unpaired) electrons. The van der Waals surface area contributed by atoms with Crippen molar-refractivity contribution in [3.05, 3.63) is 63.1 Å². The molecule has 3 rings (SSSR count). The number of carbonyl (C=O) groups is 2. The molecule has 9 nitrogen and oxygen atoms in total. The molecule has 0 saturated carbocycles. The third kappa shape index (κ3) is 5.63. The first-order chi connectivity index (χ1) is 16.7. The topological polar surface area (TPSA) is 111 Å². The van der Waals surface area contributed by atoms with E-state index < -0.39 is 64.2 Å². The fourth-order valence-electron chi connectivity index (χ4n) is 3.04. The molecule has 0 aliphatic carbocycles. The number of hydrogen-bond donors (Lipinski definition) is 1. The Hall–Kier alpha value is -3.56. The van der Waals surface area contributed by atoms with Gasteiger partial charge in [0.1, 0.15) is 46.3 Å². The Morgan fingerprint density at radius 1 is 1.22 bits per heavy atom. The molecule has 1 amide bonds. The highest BCUT2D eigenvalue weighted by Gasteiger charge is 2.47. The highest BCUT2D eigenvalue weighted by atomic mass is 79.9. The SMILES string of the molecule is Cc1ncc(CN2C(=O)C(Br)=C(OCc3c(F)cc(F)cc3F)N(OC(=O)C(F)(F)F)C2C)c(N)n1. The van der Waals surface area contributed by atoms with Crippen LogP contribution in [0.25, 0.3) is 0 Å². The number of hydrogen-bond acceptors (Lipinski definition) is 8. The largest absolute Gasteiger partial charge is 0.493 e. The van der Waals surface area contributed by atoms with Crippen LogP contribution in [-0.2, 0) is 32.3 Å². The molecule has 2 N–H and O–H groups in total. The van der Waals surface area contributed by atoms with Crippen LogP contribution in [-0.4, -0.2) is 44.1 Å². The van der Waals surface area contributed by atoms with Crippen molar-refractivity contribution in [3.8, 4) is 0 Å². The van der Waals surface area contributed by atoms with Crippen molar-refractivity contribution in [2.24, 2.45) is 0 Å². The quantitative estimate of drug-likeness (QED) is 0.514. The lowest BCUT2D eigenvalue weighted by Crippen LogP contribution is -2.54. The maximum Gasteiger partial charge on any atom is 0.493 e. The molecule has 1 unspecified atom stereocenters. The van der Waals surface area contributed by atoms with Crippen molar-refractivity contribution in [2.75, 3.05) is 5.73 Å². The highest BCUT2D eigenvalue weighted by molar-refractivity contribution is 9.12. The molecule has 1 atom stereocenters. The van der Waals surface area contributed by atoms with Gasteiger partial charge in [-0.05, 0) is 29.8 Å². The molecule has 36 heavy (non-hydrogen) atoms. The predicted molar refractivity (Wildman–Crippen MR) is 112 cm³/mol. The van der Waals surface area contributed by atoms with Crippen molar-refractivity contribution in [1.82, 2.24) is 19.9 Å². The van der Waals surface area contributed by atoms with Crippen molar-refractivity contribution >= 4 is 33.6 Å². The van der Waals surface area contributed by atoms with Gasteiger partial charge >= 0.3 is 12.1 Å². The summed E-state index contributed by atoms with van der Waals surface area (Å²) in [7, 11) is 0. The van der Waals surface area contributed by atoms with Crippen LogP contribution in [0.1, 0.15) is 23.9 Å². The van der Waals surface area contributed by atoms with Gasteiger partial charge in [0.05, 0.1) is 12.1 Å². The predicted octanol–water partition coefficient (Wildman–Crippen LogP) is 3.58. The fourth-order valence-corrected chi connectivity index (χ4v) is 3.56. The average molecular weight is 584 g/mol. The number of amides is 1. The van der Waals surface area contributed by atoms with Crippen molar-refractivity contribution < 1.29 is 45.5 Å². The van der Waals surface area contributed by atoms with Crippen LogP contribution in [0.2, 0.25) is 0 Å². The summed E-state index contributed by atoms with van der Waals surface area (Å²) in [6, 6.07) is 0.716. The van der Waals surface area contributed by atoms with Gasteiger partial charge < -0.3 is 20.2 Å². The van der Waals surface area contributed by atoms with Crippen LogP contribution in [0.4, 0.5) is 32.2 Å². The van der Waals surface area contributed by atoms with Crippen LogP contribution in [0, 0.1) is 24.4 Å². The second-order valence-electron chi connectivity index (χ2n) is 7.35. The molecule has 1 aliphatic heterocycles. The van der Waals surface area contributed by atoms with Gasteiger partial charge in [-0.15, -0.1) is 5.06 Å². The molecule has 0 fully saturated rings. The minimum Gasteiger partial charge on any atom is -0.471 e. The Balaban J connectivity index is 1.98. The number of benzene rings is 1. The standard InChI is InChI=1S/C20H16BrF6N5O4/c1-8-29-5-10(16(28)30-8)6-31-9(2)32(36-19(34)20(25,26)27)18(15(21)17(31)33)35-7-12-13(23)3-11(22)4-14(12)24/h3-5,9H,6-7H2,1-2H3,(H2,28,29,30). The molecule has 2 heterocycles. The van der Waals surface area contributed by atoms with Gasteiger partial charge in [0.2, 0.25) is 5.88 Å². The maximum absolute atomic E-state index is 14.0. The zero-order valence-corrected chi connectivity index (χ0v) is 20.0. The lowest BCUT2D eigenvalue weighted by atomic mass is 10.2. The first kappa shape index (κ1) is 27.0. The Kier molecular flexibility index (Phi) is 7.66. The van der Waals surface area contributed by atoms with Gasteiger partial charge in [-0.1, -0.05) is 0 Å². The van der Waals surface area contributed by atoms with Crippen molar-refractivity contribution in [3.63, 3.8) is 0 Å². The van der Waals surface area contributed by atoms with Crippen molar-refractivity contribution in [1.29, 1.82) is 0 Å². The Bertz CT molecular complexity index is 1220. The Morgan fingerprint density at radius 2 is 1.83 bits per heavy atom. The molecule has 1 aromatic carbocycles. The second kappa shape index (κ2) is 10.2. The summed E-state index contributed by atoms with van der Waals surface area (Å²) in [5.41, 5.74) is 5.26. The number of carbonyl (C=O) groups excluding carboxylic acids is 2. The molecule has 2 aromatic rings. The number of nitrogens with two attached hydrogens (primary N) is 1. The third-order valence-electron chi connectivity index (χ3n) is 4.86. The molecular formula is C20H16BrF6N5O4.